The Kier molecular flexibility index (Phi) is 1.47. The van der Waals surface area contributed by atoms with Crippen LogP contribution in [-0.2, 0) is 0 Å². The van der Waals surface area contributed by atoms with Crippen molar-refractivity contribution in [2.24, 2.45) is 0 Å². The van der Waals surface area contributed by atoms with Crippen LogP contribution in [0.5, 0.6) is 0 Å². The van der Waals surface area contributed by atoms with E-state index in [9.17, 15) is 0 Å². The molecule has 1 N–H and O–H groups in total. The van der Waals surface area contributed by atoms with Gasteiger partial charge in [-0.25, -0.2) is 0 Å². The second kappa shape index (κ2) is 1.97. The summed E-state index contributed by atoms with van der Waals surface area (Å²) in [5, 5.41) is 7.50. The summed E-state index contributed by atoms with van der Waals surface area (Å²) in [4.78, 5) is 1.93. The van der Waals surface area contributed by atoms with Crippen molar-refractivity contribution in [1.29, 1.82) is 5.41 Å². The molecule has 2 nitrogen and oxygen atoms in total. The van der Waals surface area contributed by atoms with Gasteiger partial charge in [-0.3, -0.25) is 5.41 Å². The third kappa shape index (κ3) is 0.823. The van der Waals surface area contributed by atoms with Crippen molar-refractivity contribution in [2.75, 3.05) is 13.6 Å². The van der Waals surface area contributed by atoms with E-state index in [0.29, 0.717) is 5.84 Å². The number of likely N-dealkylation sites (tertiary alicyclic amines) is 1. The van der Waals surface area contributed by atoms with E-state index in [1.54, 1.807) is 0 Å². The molecule has 1 aliphatic heterocycles. The van der Waals surface area contributed by atoms with Crippen molar-refractivity contribution in [3.8, 4) is 0 Å². The molecule has 0 bridgehead atoms. The van der Waals surface area contributed by atoms with Crippen molar-refractivity contribution in [3.05, 3.63) is 0 Å². The smallest absolute Gasteiger partial charge is 0.109 e. The minimum absolute atomic E-state index is 0.194. The van der Waals surface area contributed by atoms with Crippen molar-refractivity contribution >= 4 is 18.5 Å². The fourth-order valence-electron chi connectivity index (χ4n) is 0.828. The summed E-state index contributed by atoms with van der Waals surface area (Å²) >= 11 is 4.18. The predicted octanol–water partition coefficient (Wildman–Crippen LogP) is 0.598. The number of nitrogens with zero attached hydrogens (tertiary/aromatic N) is 1. The first-order valence-electron chi connectivity index (χ1n) is 2.69. The number of hydrogen-bond acceptors (Lipinski definition) is 2. The molecule has 1 rings (SSSR count). The van der Waals surface area contributed by atoms with E-state index in [-0.39, 0.29) is 5.25 Å². The van der Waals surface area contributed by atoms with E-state index < -0.39 is 0 Å². The first-order valence-corrected chi connectivity index (χ1v) is 3.21. The summed E-state index contributed by atoms with van der Waals surface area (Å²) in [6, 6.07) is 0. The zero-order valence-electron chi connectivity index (χ0n) is 4.89. The maximum atomic E-state index is 7.31. The molecule has 1 fully saturated rings. The zero-order chi connectivity index (χ0) is 6.15. The Morgan fingerprint density at radius 2 is 2.50 bits per heavy atom. The van der Waals surface area contributed by atoms with Gasteiger partial charge in [0.1, 0.15) is 5.84 Å². The van der Waals surface area contributed by atoms with E-state index in [4.69, 9.17) is 5.41 Å². The molecule has 1 aliphatic rings. The van der Waals surface area contributed by atoms with Gasteiger partial charge in [-0.05, 0) is 6.42 Å². The number of rotatable bonds is 0. The van der Waals surface area contributed by atoms with Crippen molar-refractivity contribution in [1.82, 2.24) is 4.90 Å². The maximum Gasteiger partial charge on any atom is 0.109 e. The lowest BCUT2D eigenvalue weighted by molar-refractivity contribution is 0.547. The highest BCUT2D eigenvalue weighted by Gasteiger charge is 2.21. The first-order chi connectivity index (χ1) is 3.72. The van der Waals surface area contributed by atoms with Crippen molar-refractivity contribution in [3.63, 3.8) is 0 Å². The van der Waals surface area contributed by atoms with E-state index in [0.717, 1.165) is 13.0 Å². The molecule has 0 aliphatic carbocycles. The van der Waals surface area contributed by atoms with Gasteiger partial charge in [0, 0.05) is 13.6 Å². The average Bonchev–Trinajstić information content (AvgIpc) is 1.98. The minimum atomic E-state index is 0.194. The number of amidine groups is 1. The lowest BCUT2D eigenvalue weighted by Crippen LogP contribution is -2.21. The number of thiol groups is 1. The Hall–Kier alpha value is -0.180. The molecule has 0 radical (unpaired) electrons. The lowest BCUT2D eigenvalue weighted by Gasteiger charge is -2.08. The SMILES string of the molecule is CN1CC[C@H](S)C1=N. The summed E-state index contributed by atoms with van der Waals surface area (Å²) in [5.74, 6) is 0.660. The van der Waals surface area contributed by atoms with Gasteiger partial charge in [0.25, 0.3) is 0 Å². The zero-order valence-corrected chi connectivity index (χ0v) is 5.78. The minimum Gasteiger partial charge on any atom is -0.363 e. The number of nitrogens with one attached hydrogen (secondary N) is 1. The molecular formula is C5H10N2S. The molecule has 0 aromatic rings. The number of hydrogen-bond donors (Lipinski definition) is 2. The molecule has 0 unspecified atom stereocenters. The molecule has 8 heavy (non-hydrogen) atoms. The molecule has 1 atom stereocenters. The normalized spacial score (nSPS) is 29.5. The second-order valence-electron chi connectivity index (χ2n) is 2.11. The Morgan fingerprint density at radius 3 is 2.62 bits per heavy atom. The van der Waals surface area contributed by atoms with Crippen molar-refractivity contribution in [2.45, 2.75) is 11.7 Å². The molecule has 0 aromatic heterocycles. The Balaban J connectivity index is 2.57. The van der Waals surface area contributed by atoms with Gasteiger partial charge in [-0.15, -0.1) is 0 Å². The molecule has 3 heteroatoms. The predicted molar refractivity (Wildman–Crippen MR) is 37.7 cm³/mol. The quantitative estimate of drug-likeness (QED) is 0.461. The Bertz CT molecular complexity index is 101. The summed E-state index contributed by atoms with van der Waals surface area (Å²) < 4.78 is 0. The van der Waals surface area contributed by atoms with Gasteiger partial charge in [0.05, 0.1) is 5.25 Å². The highest BCUT2D eigenvalue weighted by atomic mass is 32.1. The lowest BCUT2D eigenvalue weighted by atomic mass is 10.4. The Morgan fingerprint density at radius 1 is 1.88 bits per heavy atom. The van der Waals surface area contributed by atoms with Gasteiger partial charge in [0.2, 0.25) is 0 Å². The van der Waals surface area contributed by atoms with Gasteiger partial charge < -0.3 is 4.90 Å². The summed E-state index contributed by atoms with van der Waals surface area (Å²) in [6.45, 7) is 0.993. The van der Waals surface area contributed by atoms with Gasteiger partial charge >= 0.3 is 0 Å². The highest BCUT2D eigenvalue weighted by Crippen LogP contribution is 2.13. The van der Waals surface area contributed by atoms with Crippen LogP contribution in [0.1, 0.15) is 6.42 Å². The van der Waals surface area contributed by atoms with Crippen LogP contribution in [0.25, 0.3) is 0 Å². The largest absolute Gasteiger partial charge is 0.363 e. The fraction of sp³-hybridized carbons (Fsp3) is 0.800. The summed E-state index contributed by atoms with van der Waals surface area (Å²) in [7, 11) is 1.93. The van der Waals surface area contributed by atoms with Crippen LogP contribution in [-0.4, -0.2) is 29.6 Å². The molecule has 46 valence electrons. The third-order valence-corrected chi connectivity index (χ3v) is 1.97. The third-order valence-electron chi connectivity index (χ3n) is 1.46. The highest BCUT2D eigenvalue weighted by molar-refractivity contribution is 7.81. The molecule has 0 saturated carbocycles. The van der Waals surface area contributed by atoms with Gasteiger partial charge in [-0.1, -0.05) is 0 Å². The standard InChI is InChI=1S/C5H10N2S/c1-7-3-2-4(8)5(7)6/h4,6,8H,2-3H2,1H3/t4-/m0/s1. The second-order valence-corrected chi connectivity index (χ2v) is 2.73. The van der Waals surface area contributed by atoms with Crippen LogP contribution >= 0.6 is 12.6 Å². The first kappa shape index (κ1) is 5.95. The molecule has 0 spiro atoms. The van der Waals surface area contributed by atoms with Gasteiger partial charge in [-0.2, -0.15) is 12.6 Å². The Labute approximate surface area is 54.8 Å². The van der Waals surface area contributed by atoms with Crippen LogP contribution in [0, 0.1) is 5.41 Å². The molecule has 0 aromatic carbocycles. The van der Waals surface area contributed by atoms with Crippen LogP contribution in [0.2, 0.25) is 0 Å². The fourth-order valence-corrected chi connectivity index (χ4v) is 1.14. The van der Waals surface area contributed by atoms with Crippen molar-refractivity contribution < 1.29 is 0 Å². The molecular weight excluding hydrogens is 120 g/mol. The molecule has 1 saturated heterocycles. The van der Waals surface area contributed by atoms with Crippen LogP contribution in [0.3, 0.4) is 0 Å². The van der Waals surface area contributed by atoms with E-state index in [1.807, 2.05) is 11.9 Å². The summed E-state index contributed by atoms with van der Waals surface area (Å²) in [5.41, 5.74) is 0. The average molecular weight is 130 g/mol. The topological polar surface area (TPSA) is 27.1 Å². The van der Waals surface area contributed by atoms with Crippen LogP contribution in [0.4, 0.5) is 0 Å². The van der Waals surface area contributed by atoms with E-state index in [1.165, 1.54) is 0 Å². The molecule has 1 heterocycles. The van der Waals surface area contributed by atoms with E-state index >= 15 is 0 Å². The van der Waals surface area contributed by atoms with E-state index in [2.05, 4.69) is 12.6 Å². The summed E-state index contributed by atoms with van der Waals surface area (Å²) in [6.07, 6.45) is 1.03. The van der Waals surface area contributed by atoms with Gasteiger partial charge in [0.15, 0.2) is 0 Å². The maximum absolute atomic E-state index is 7.31. The van der Waals surface area contributed by atoms with Crippen LogP contribution < -0.4 is 0 Å². The molecule has 0 amide bonds. The van der Waals surface area contributed by atoms with Crippen LogP contribution in [0.15, 0.2) is 0 Å². The monoisotopic (exact) mass is 130 g/mol.